The van der Waals surface area contributed by atoms with E-state index < -0.39 is 5.60 Å². The van der Waals surface area contributed by atoms with Gasteiger partial charge in [-0.05, 0) is 81.9 Å². The van der Waals surface area contributed by atoms with Crippen LogP contribution in [0.1, 0.15) is 47.5 Å². The minimum absolute atomic E-state index is 0.0330. The average Bonchev–Trinajstić information content (AvgIpc) is 3.21. The summed E-state index contributed by atoms with van der Waals surface area (Å²) in [6.45, 7) is 3.94. The Morgan fingerprint density at radius 1 is 0.947 bits per heavy atom. The predicted molar refractivity (Wildman–Crippen MR) is 221 cm³/mol. The first-order chi connectivity index (χ1) is 27.5. The van der Waals surface area contributed by atoms with Gasteiger partial charge in [0.05, 0.1) is 39.9 Å². The number of carbonyl (C=O) groups is 3. The van der Waals surface area contributed by atoms with Crippen molar-refractivity contribution in [3.63, 3.8) is 0 Å². The van der Waals surface area contributed by atoms with Crippen LogP contribution in [0.4, 0.5) is 5.69 Å². The summed E-state index contributed by atoms with van der Waals surface area (Å²) in [5.74, 6) is -0.475. The van der Waals surface area contributed by atoms with Crippen LogP contribution < -0.4 is 16.2 Å². The Hall–Kier alpha value is -5.21. The molecule has 298 valence electrons. The van der Waals surface area contributed by atoms with Crippen LogP contribution in [0.5, 0.6) is 0 Å². The van der Waals surface area contributed by atoms with E-state index in [-0.39, 0.29) is 41.7 Å². The normalized spacial score (nSPS) is 18.5. The maximum Gasteiger partial charge on any atom is 0.261 e. The molecule has 2 aliphatic heterocycles. The maximum atomic E-state index is 14.2. The first-order valence-electron chi connectivity index (χ1n) is 19.5. The van der Waals surface area contributed by atoms with Crippen molar-refractivity contribution in [2.75, 3.05) is 65.2 Å². The number of likely N-dealkylation sites (tertiary alicyclic amines) is 2. The summed E-state index contributed by atoms with van der Waals surface area (Å²) in [6.07, 6.45) is 4.74. The van der Waals surface area contributed by atoms with E-state index in [0.29, 0.717) is 104 Å². The number of pyridine rings is 1. The summed E-state index contributed by atoms with van der Waals surface area (Å²) in [6, 6.07) is 22.2. The third-order valence-corrected chi connectivity index (χ3v) is 11.6. The van der Waals surface area contributed by atoms with Gasteiger partial charge in [-0.25, -0.2) is 4.98 Å². The second-order valence-corrected chi connectivity index (χ2v) is 16.0. The van der Waals surface area contributed by atoms with Crippen molar-refractivity contribution >= 4 is 56.8 Å². The van der Waals surface area contributed by atoms with Gasteiger partial charge in [-0.1, -0.05) is 48.0 Å². The Morgan fingerprint density at radius 2 is 1.70 bits per heavy atom. The largest absolute Gasteiger partial charge is 0.388 e. The zero-order valence-corrected chi connectivity index (χ0v) is 33.1. The fraction of sp³-hybridized carbons (Fsp3) is 0.395. The van der Waals surface area contributed by atoms with Gasteiger partial charge in [-0.3, -0.25) is 28.7 Å². The minimum Gasteiger partial charge on any atom is -0.388 e. The first kappa shape index (κ1) is 40.0. The Bertz CT molecular complexity index is 2310. The zero-order valence-electron chi connectivity index (χ0n) is 32.4. The second-order valence-electron chi connectivity index (χ2n) is 15.6. The van der Waals surface area contributed by atoms with Gasteiger partial charge in [0, 0.05) is 80.4 Å². The molecule has 13 nitrogen and oxygen atoms in total. The molecule has 0 spiro atoms. The number of rotatable bonds is 12. The molecular formula is C43H49ClN8O5. The van der Waals surface area contributed by atoms with Crippen LogP contribution in [0.25, 0.3) is 21.8 Å². The summed E-state index contributed by atoms with van der Waals surface area (Å²) in [5, 5.41) is 19.3. The molecule has 0 aliphatic carbocycles. The number of benzene rings is 3. The number of fused-ring (bicyclic) bond motifs is 2. The predicted octanol–water partition coefficient (Wildman–Crippen LogP) is 4.38. The summed E-state index contributed by atoms with van der Waals surface area (Å²) >= 11 is 6.27. The first-order valence-corrected chi connectivity index (χ1v) is 19.9. The number of nitrogens with zero attached hydrogens (tertiary/aromatic N) is 6. The van der Waals surface area contributed by atoms with Gasteiger partial charge in [-0.15, -0.1) is 0 Å². The summed E-state index contributed by atoms with van der Waals surface area (Å²) in [4.78, 5) is 67.9. The number of nitrogens with one attached hydrogen (secondary N) is 2. The molecule has 3 amide bonds. The van der Waals surface area contributed by atoms with Crippen LogP contribution in [0.15, 0.2) is 90.1 Å². The van der Waals surface area contributed by atoms with Gasteiger partial charge < -0.3 is 30.4 Å². The third-order valence-electron chi connectivity index (χ3n) is 11.3. The Kier molecular flexibility index (Phi) is 12.3. The number of piperidine rings is 2. The van der Waals surface area contributed by atoms with Crippen LogP contribution >= 0.6 is 11.6 Å². The molecule has 3 aromatic carbocycles. The van der Waals surface area contributed by atoms with Gasteiger partial charge in [0.2, 0.25) is 11.8 Å². The molecule has 2 saturated heterocycles. The number of aliphatic hydroxyl groups is 1. The fourth-order valence-electron chi connectivity index (χ4n) is 7.99. The quantitative estimate of drug-likeness (QED) is 0.167. The molecule has 0 saturated carbocycles. The van der Waals surface area contributed by atoms with Crippen molar-refractivity contribution in [3.05, 3.63) is 112 Å². The standard InChI is InChI=1S/C43H49ClN8O5/c1-49(2)19-14-39(53)48-31-9-11-34-38(25-31)47-28-52(42(34)56)27-43(57)15-21-51(22-16-43)41(55)32-13-20-50(26-35(32)29-6-4-3-5-7-29)23-18-46-40(54)30-8-10-33-36(44)12-17-45-37(33)24-30/h3-12,17,24-25,28,32,35,57H,13-16,18-23,26-27H2,1-2H3,(H,46,54)(H,48,53)/t32?,35-/m0/s1. The van der Waals surface area contributed by atoms with Gasteiger partial charge in [-0.2, -0.15) is 0 Å². The lowest BCUT2D eigenvalue weighted by Gasteiger charge is -2.43. The molecule has 2 atom stereocenters. The third kappa shape index (κ3) is 9.50. The molecule has 57 heavy (non-hydrogen) atoms. The van der Waals surface area contributed by atoms with Gasteiger partial charge in [0.25, 0.3) is 11.5 Å². The molecule has 2 fully saturated rings. The van der Waals surface area contributed by atoms with Crippen LogP contribution in [0.2, 0.25) is 5.02 Å². The van der Waals surface area contributed by atoms with Crippen molar-refractivity contribution in [2.24, 2.45) is 5.92 Å². The number of carbonyl (C=O) groups excluding carboxylic acids is 3. The molecule has 1 unspecified atom stereocenters. The second kappa shape index (κ2) is 17.5. The van der Waals surface area contributed by atoms with Crippen LogP contribution in [0, 0.1) is 5.92 Å². The molecule has 3 N–H and O–H groups in total. The average molecular weight is 793 g/mol. The van der Waals surface area contributed by atoms with Crippen molar-refractivity contribution in [2.45, 2.75) is 43.7 Å². The summed E-state index contributed by atoms with van der Waals surface area (Å²) in [5.41, 5.74) is 1.86. The highest BCUT2D eigenvalue weighted by molar-refractivity contribution is 6.35. The van der Waals surface area contributed by atoms with Gasteiger partial charge >= 0.3 is 0 Å². The van der Waals surface area contributed by atoms with E-state index in [4.69, 9.17) is 11.6 Å². The Morgan fingerprint density at radius 3 is 2.47 bits per heavy atom. The summed E-state index contributed by atoms with van der Waals surface area (Å²) in [7, 11) is 3.81. The zero-order chi connectivity index (χ0) is 40.1. The molecule has 14 heteroatoms. The molecular weight excluding hydrogens is 744 g/mol. The monoisotopic (exact) mass is 792 g/mol. The minimum atomic E-state index is -1.18. The fourth-order valence-corrected chi connectivity index (χ4v) is 8.21. The van der Waals surface area contributed by atoms with E-state index in [0.717, 1.165) is 10.9 Å². The molecule has 5 aromatic rings. The molecule has 2 aliphatic rings. The van der Waals surface area contributed by atoms with Gasteiger partial charge in [0.15, 0.2) is 0 Å². The van der Waals surface area contributed by atoms with E-state index in [1.165, 1.54) is 10.9 Å². The number of amides is 3. The molecule has 2 aromatic heterocycles. The van der Waals surface area contributed by atoms with Crippen molar-refractivity contribution in [1.29, 1.82) is 0 Å². The van der Waals surface area contributed by atoms with E-state index >= 15 is 0 Å². The number of anilines is 1. The van der Waals surface area contributed by atoms with Crippen molar-refractivity contribution in [1.82, 2.24) is 34.6 Å². The lowest BCUT2D eigenvalue weighted by Crippen LogP contribution is -2.53. The van der Waals surface area contributed by atoms with Gasteiger partial charge in [0.1, 0.15) is 0 Å². The van der Waals surface area contributed by atoms with E-state index in [1.807, 2.05) is 48.2 Å². The van der Waals surface area contributed by atoms with Crippen LogP contribution in [-0.4, -0.2) is 118 Å². The highest BCUT2D eigenvalue weighted by Crippen LogP contribution is 2.35. The maximum absolute atomic E-state index is 14.2. The van der Waals surface area contributed by atoms with Crippen LogP contribution in [-0.2, 0) is 16.1 Å². The van der Waals surface area contributed by atoms with Crippen molar-refractivity contribution in [3.8, 4) is 0 Å². The van der Waals surface area contributed by atoms with Crippen molar-refractivity contribution < 1.29 is 19.5 Å². The van der Waals surface area contributed by atoms with Crippen LogP contribution in [0.3, 0.4) is 0 Å². The lowest BCUT2D eigenvalue weighted by atomic mass is 9.79. The Balaban J connectivity index is 0.943. The van der Waals surface area contributed by atoms with E-state index in [1.54, 1.807) is 42.6 Å². The topological polar surface area (TPSA) is 153 Å². The molecule has 4 heterocycles. The highest BCUT2D eigenvalue weighted by Gasteiger charge is 2.41. The summed E-state index contributed by atoms with van der Waals surface area (Å²) < 4.78 is 1.44. The number of hydrogen-bond donors (Lipinski definition) is 3. The number of halogens is 1. The highest BCUT2D eigenvalue weighted by atomic mass is 35.5. The molecule has 7 rings (SSSR count). The smallest absolute Gasteiger partial charge is 0.261 e. The number of hydrogen-bond acceptors (Lipinski definition) is 9. The molecule has 0 bridgehead atoms. The molecule has 0 radical (unpaired) electrons. The van der Waals surface area contributed by atoms with E-state index in [9.17, 15) is 24.3 Å². The Labute approximate surface area is 336 Å². The lowest BCUT2D eigenvalue weighted by molar-refractivity contribution is -0.142. The number of aromatic nitrogens is 3. The SMILES string of the molecule is CN(C)CCC(=O)Nc1ccc2c(=O)n(CC3(O)CCN(C(=O)C4CCN(CCNC(=O)c5ccc6c(Cl)ccnc6c5)C[C@H]4c4ccccc4)CC3)cnc2c1. The van der Waals surface area contributed by atoms with E-state index in [2.05, 4.69) is 37.6 Å².